The molecule has 3 aromatic rings. The van der Waals surface area contributed by atoms with E-state index in [2.05, 4.69) is 41.2 Å². The van der Waals surface area contributed by atoms with Gasteiger partial charge in [-0.15, -0.1) is 5.10 Å². The van der Waals surface area contributed by atoms with E-state index >= 15 is 0 Å². The number of hydrogen-bond donors (Lipinski definition) is 0. The largest absolute Gasteiger partial charge is 0.481 e. The average Bonchev–Trinajstić information content (AvgIpc) is 3.19. The van der Waals surface area contributed by atoms with Crippen LogP contribution < -0.4 is 4.74 Å². The number of aryl methyl sites for hydroxylation is 2. The van der Waals surface area contributed by atoms with E-state index in [1.807, 2.05) is 34.6 Å². The van der Waals surface area contributed by atoms with Crippen LogP contribution in [-0.2, 0) is 6.54 Å². The van der Waals surface area contributed by atoms with E-state index in [1.54, 1.807) is 13.3 Å². The number of nitrogens with zero attached hydrogens (tertiary/aromatic N) is 6. The summed E-state index contributed by atoms with van der Waals surface area (Å²) in [6.07, 6.45) is 3.68. The third-order valence-corrected chi connectivity index (χ3v) is 4.30. The molecule has 0 aromatic carbocycles. The van der Waals surface area contributed by atoms with Gasteiger partial charge in [0.05, 0.1) is 25.0 Å². The molecule has 3 heterocycles. The van der Waals surface area contributed by atoms with Crippen molar-refractivity contribution in [3.05, 3.63) is 41.5 Å². The molecule has 24 heavy (non-hydrogen) atoms. The maximum Gasteiger partial charge on any atom is 0.212 e. The summed E-state index contributed by atoms with van der Waals surface area (Å²) >= 11 is 0. The van der Waals surface area contributed by atoms with Crippen LogP contribution in [0.1, 0.15) is 36.8 Å². The highest BCUT2D eigenvalue weighted by atomic mass is 16.5. The second-order valence-electron chi connectivity index (χ2n) is 5.75. The summed E-state index contributed by atoms with van der Waals surface area (Å²) in [6.45, 7) is 9.20. The summed E-state index contributed by atoms with van der Waals surface area (Å²) in [5, 5.41) is 13.2. The molecule has 0 fully saturated rings. The SMILES string of the molecule is CCn1nc(C)c([C@@H](C)n2cc(-c3ccc(OC)nc3)nn2)c1C. The molecular formula is C17H22N6O. The first kappa shape index (κ1) is 16.2. The van der Waals surface area contributed by atoms with Gasteiger partial charge in [0.25, 0.3) is 0 Å². The predicted octanol–water partition coefficient (Wildman–Crippen LogP) is 2.79. The Kier molecular flexibility index (Phi) is 4.33. The van der Waals surface area contributed by atoms with Crippen LogP contribution in [0, 0.1) is 13.8 Å². The van der Waals surface area contributed by atoms with Crippen LogP contribution in [0.25, 0.3) is 11.3 Å². The lowest BCUT2D eigenvalue weighted by Gasteiger charge is -2.12. The van der Waals surface area contributed by atoms with Crippen LogP contribution in [0.4, 0.5) is 0 Å². The monoisotopic (exact) mass is 326 g/mol. The molecule has 0 aliphatic rings. The van der Waals surface area contributed by atoms with Gasteiger partial charge in [-0.1, -0.05) is 5.21 Å². The molecule has 0 bridgehead atoms. The first-order chi connectivity index (χ1) is 11.5. The van der Waals surface area contributed by atoms with E-state index in [0.29, 0.717) is 5.88 Å². The Bertz CT molecular complexity index is 833. The number of rotatable bonds is 5. The molecule has 3 aromatic heterocycles. The van der Waals surface area contributed by atoms with Crippen molar-refractivity contribution in [2.75, 3.05) is 7.11 Å². The highest BCUT2D eigenvalue weighted by molar-refractivity contribution is 5.56. The first-order valence-corrected chi connectivity index (χ1v) is 8.01. The van der Waals surface area contributed by atoms with Gasteiger partial charge in [0, 0.05) is 35.6 Å². The van der Waals surface area contributed by atoms with Gasteiger partial charge in [-0.2, -0.15) is 5.10 Å². The van der Waals surface area contributed by atoms with Gasteiger partial charge < -0.3 is 4.74 Å². The minimum atomic E-state index is 0.0674. The van der Waals surface area contributed by atoms with Crippen LogP contribution in [0.5, 0.6) is 5.88 Å². The molecule has 0 spiro atoms. The number of pyridine rings is 1. The third-order valence-electron chi connectivity index (χ3n) is 4.30. The Hall–Kier alpha value is -2.70. The van der Waals surface area contributed by atoms with Crippen LogP contribution >= 0.6 is 0 Å². The number of methoxy groups -OCH3 is 1. The molecule has 7 nitrogen and oxygen atoms in total. The van der Waals surface area contributed by atoms with E-state index in [-0.39, 0.29) is 6.04 Å². The van der Waals surface area contributed by atoms with Crippen molar-refractivity contribution in [1.82, 2.24) is 29.8 Å². The summed E-state index contributed by atoms with van der Waals surface area (Å²) in [5.41, 5.74) is 5.10. The summed E-state index contributed by atoms with van der Waals surface area (Å²) in [7, 11) is 1.60. The molecule has 0 aliphatic heterocycles. The number of aromatic nitrogens is 6. The maximum atomic E-state index is 5.08. The quantitative estimate of drug-likeness (QED) is 0.721. The fraction of sp³-hybridized carbons (Fsp3) is 0.412. The van der Waals surface area contributed by atoms with Gasteiger partial charge in [-0.3, -0.25) is 4.68 Å². The van der Waals surface area contributed by atoms with E-state index < -0.39 is 0 Å². The first-order valence-electron chi connectivity index (χ1n) is 8.01. The highest BCUT2D eigenvalue weighted by Crippen LogP contribution is 2.26. The van der Waals surface area contributed by atoms with Gasteiger partial charge in [-0.25, -0.2) is 9.67 Å². The highest BCUT2D eigenvalue weighted by Gasteiger charge is 2.20. The molecule has 7 heteroatoms. The van der Waals surface area contributed by atoms with Crippen LogP contribution in [-0.4, -0.2) is 36.9 Å². The molecule has 0 amide bonds. The fourth-order valence-corrected chi connectivity index (χ4v) is 3.01. The Morgan fingerprint density at radius 1 is 1.25 bits per heavy atom. The van der Waals surface area contributed by atoms with E-state index in [1.165, 1.54) is 11.3 Å². The van der Waals surface area contributed by atoms with E-state index in [9.17, 15) is 0 Å². The lowest BCUT2D eigenvalue weighted by atomic mass is 10.1. The molecular weight excluding hydrogens is 304 g/mol. The second kappa shape index (κ2) is 6.43. The summed E-state index contributed by atoms with van der Waals surface area (Å²) in [4.78, 5) is 4.22. The van der Waals surface area contributed by atoms with Crippen LogP contribution in [0.15, 0.2) is 24.5 Å². The van der Waals surface area contributed by atoms with Gasteiger partial charge in [0.2, 0.25) is 5.88 Å². The summed E-state index contributed by atoms with van der Waals surface area (Å²) in [6, 6.07) is 3.81. The van der Waals surface area contributed by atoms with Crippen LogP contribution in [0.2, 0.25) is 0 Å². The Morgan fingerprint density at radius 3 is 2.62 bits per heavy atom. The molecule has 3 rings (SSSR count). The van der Waals surface area contributed by atoms with Crippen molar-refractivity contribution < 1.29 is 4.74 Å². The number of ether oxygens (including phenoxy) is 1. The summed E-state index contributed by atoms with van der Waals surface area (Å²) < 4.78 is 8.98. The van der Waals surface area contributed by atoms with E-state index in [4.69, 9.17) is 4.74 Å². The zero-order valence-electron chi connectivity index (χ0n) is 14.7. The molecule has 0 N–H and O–H groups in total. The third kappa shape index (κ3) is 2.77. The zero-order chi connectivity index (χ0) is 17.3. The van der Waals surface area contributed by atoms with Crippen molar-refractivity contribution in [3.63, 3.8) is 0 Å². The zero-order valence-corrected chi connectivity index (χ0v) is 14.7. The van der Waals surface area contributed by atoms with Crippen molar-refractivity contribution in [2.45, 2.75) is 40.3 Å². The minimum absolute atomic E-state index is 0.0674. The molecule has 1 atom stereocenters. The molecule has 0 aliphatic carbocycles. The molecule has 126 valence electrons. The minimum Gasteiger partial charge on any atom is -0.481 e. The Morgan fingerprint density at radius 2 is 2.04 bits per heavy atom. The number of hydrogen-bond acceptors (Lipinski definition) is 5. The van der Waals surface area contributed by atoms with Crippen LogP contribution in [0.3, 0.4) is 0 Å². The van der Waals surface area contributed by atoms with Gasteiger partial charge >= 0.3 is 0 Å². The Balaban J connectivity index is 1.91. The maximum absolute atomic E-state index is 5.08. The van der Waals surface area contributed by atoms with Crippen molar-refractivity contribution in [3.8, 4) is 17.1 Å². The molecule has 0 unspecified atom stereocenters. The van der Waals surface area contributed by atoms with E-state index in [0.717, 1.165) is 23.5 Å². The topological polar surface area (TPSA) is 70.7 Å². The molecule has 0 saturated carbocycles. The van der Waals surface area contributed by atoms with Gasteiger partial charge in [0.15, 0.2) is 0 Å². The fourth-order valence-electron chi connectivity index (χ4n) is 3.01. The van der Waals surface area contributed by atoms with Gasteiger partial charge in [0.1, 0.15) is 5.69 Å². The molecule has 0 saturated heterocycles. The second-order valence-corrected chi connectivity index (χ2v) is 5.75. The van der Waals surface area contributed by atoms with Crippen molar-refractivity contribution in [2.24, 2.45) is 0 Å². The summed E-state index contributed by atoms with van der Waals surface area (Å²) in [5.74, 6) is 0.581. The predicted molar refractivity (Wildman–Crippen MR) is 91.0 cm³/mol. The standard InChI is InChI=1S/C17H22N6O/c1-6-22-12(3)17(11(2)20-22)13(4)23-10-15(19-21-23)14-7-8-16(24-5)18-9-14/h7-10,13H,6H2,1-5H3/t13-/m1/s1. The Labute approximate surface area is 141 Å². The normalized spacial score (nSPS) is 12.4. The average molecular weight is 326 g/mol. The molecule has 0 radical (unpaired) electrons. The lowest BCUT2D eigenvalue weighted by molar-refractivity contribution is 0.398. The van der Waals surface area contributed by atoms with Crippen molar-refractivity contribution >= 4 is 0 Å². The lowest BCUT2D eigenvalue weighted by Crippen LogP contribution is -2.10. The smallest absolute Gasteiger partial charge is 0.212 e. The van der Waals surface area contributed by atoms with Crippen molar-refractivity contribution in [1.29, 1.82) is 0 Å². The van der Waals surface area contributed by atoms with Gasteiger partial charge in [-0.05, 0) is 33.8 Å².